The van der Waals surface area contributed by atoms with Gasteiger partial charge in [-0.3, -0.25) is 9.59 Å². The number of benzene rings is 2. The summed E-state index contributed by atoms with van der Waals surface area (Å²) in [4.78, 5) is 29.0. The molecule has 0 saturated carbocycles. The fourth-order valence-corrected chi connectivity index (χ4v) is 3.95. The van der Waals surface area contributed by atoms with Crippen LogP contribution in [-0.4, -0.2) is 27.2 Å². The number of aromatic nitrogens is 3. The van der Waals surface area contributed by atoms with Crippen molar-refractivity contribution in [1.29, 1.82) is 0 Å². The molecule has 0 radical (unpaired) electrons. The smallest absolute Gasteiger partial charge is 0.308 e. The van der Waals surface area contributed by atoms with Crippen LogP contribution in [0.2, 0.25) is 5.02 Å². The van der Waals surface area contributed by atoms with E-state index in [1.165, 1.54) is 22.8 Å². The Hall–Kier alpha value is -3.23. The van der Waals surface area contributed by atoms with Gasteiger partial charge in [0, 0.05) is 17.5 Å². The fourth-order valence-electron chi connectivity index (χ4n) is 2.86. The Morgan fingerprint density at radius 1 is 1.23 bits per heavy atom. The first kappa shape index (κ1) is 20.1. The maximum Gasteiger partial charge on any atom is 0.308 e. The Morgan fingerprint density at radius 2 is 2.07 bits per heavy atom. The fraction of sp³-hybridized carbons (Fsp3) is 0.143. The lowest BCUT2D eigenvalue weighted by atomic mass is 10.2. The second-order valence-electron chi connectivity index (χ2n) is 6.29. The molecular weight excluding hydrogens is 426 g/mol. The van der Waals surface area contributed by atoms with Gasteiger partial charge in [-0.15, -0.1) is 5.10 Å². The molecule has 0 spiro atoms. The molecule has 0 amide bonds. The Balaban J connectivity index is 1.73. The molecule has 0 atom stereocenters. The zero-order valence-electron chi connectivity index (χ0n) is 16.1. The minimum absolute atomic E-state index is 0.266. The topological polar surface area (TPSA) is 82.8 Å². The number of carbonyl (C=O) groups is 1. The number of ether oxygens (including phenoxy) is 2. The highest BCUT2D eigenvalue weighted by atomic mass is 35.5. The quantitative estimate of drug-likeness (QED) is 0.349. The first-order valence-corrected chi connectivity index (χ1v) is 10.3. The van der Waals surface area contributed by atoms with Crippen molar-refractivity contribution in [3.63, 3.8) is 0 Å². The van der Waals surface area contributed by atoms with Gasteiger partial charge in [0.1, 0.15) is 0 Å². The molecule has 4 rings (SSSR count). The summed E-state index contributed by atoms with van der Waals surface area (Å²) < 4.78 is 12.5. The molecular formula is C21H16ClN3O4S. The van der Waals surface area contributed by atoms with Crippen LogP contribution >= 0.6 is 22.9 Å². The van der Waals surface area contributed by atoms with E-state index in [1.807, 2.05) is 13.0 Å². The van der Waals surface area contributed by atoms with E-state index >= 15 is 0 Å². The lowest BCUT2D eigenvalue weighted by molar-refractivity contribution is -0.132. The van der Waals surface area contributed by atoms with E-state index < -0.39 is 5.97 Å². The average molecular weight is 442 g/mol. The van der Waals surface area contributed by atoms with Crippen LogP contribution in [0.25, 0.3) is 22.4 Å². The van der Waals surface area contributed by atoms with Gasteiger partial charge < -0.3 is 9.47 Å². The van der Waals surface area contributed by atoms with E-state index in [2.05, 4.69) is 10.1 Å². The van der Waals surface area contributed by atoms with Gasteiger partial charge in [-0.05, 0) is 42.8 Å². The van der Waals surface area contributed by atoms with E-state index in [-0.39, 0.29) is 5.56 Å². The van der Waals surface area contributed by atoms with Crippen molar-refractivity contribution in [2.24, 2.45) is 0 Å². The highest BCUT2D eigenvalue weighted by Crippen LogP contribution is 2.29. The minimum Gasteiger partial charge on any atom is -0.490 e. The molecule has 2 aromatic carbocycles. The predicted molar refractivity (Wildman–Crippen MR) is 115 cm³/mol. The van der Waals surface area contributed by atoms with E-state index in [0.29, 0.717) is 38.4 Å². The standard InChI is InChI=1S/C21H16ClN3O4S/c1-3-28-17-9-13(7-8-16(17)29-12(2)26)10-18-20(27)25-21(30-18)23-19(24-25)14-5-4-6-15(22)11-14/h4-11H,3H2,1-2H3. The lowest BCUT2D eigenvalue weighted by Gasteiger charge is -2.10. The van der Waals surface area contributed by atoms with Crippen molar-refractivity contribution in [1.82, 2.24) is 14.6 Å². The highest BCUT2D eigenvalue weighted by molar-refractivity contribution is 7.15. The lowest BCUT2D eigenvalue weighted by Crippen LogP contribution is -2.23. The third-order valence-corrected chi connectivity index (χ3v) is 5.28. The first-order chi connectivity index (χ1) is 14.4. The summed E-state index contributed by atoms with van der Waals surface area (Å²) in [6.07, 6.45) is 1.72. The molecule has 2 heterocycles. The summed E-state index contributed by atoms with van der Waals surface area (Å²) in [5.41, 5.74) is 1.20. The third-order valence-electron chi connectivity index (χ3n) is 4.08. The molecule has 0 saturated heterocycles. The summed E-state index contributed by atoms with van der Waals surface area (Å²) in [5.74, 6) is 0.765. The molecule has 30 heavy (non-hydrogen) atoms. The monoisotopic (exact) mass is 441 g/mol. The molecule has 4 aromatic rings. The predicted octanol–water partition coefficient (Wildman–Crippen LogP) is 3.34. The van der Waals surface area contributed by atoms with Crippen LogP contribution in [0.1, 0.15) is 19.4 Å². The number of halogens is 1. The molecule has 9 heteroatoms. The number of nitrogens with zero attached hydrogens (tertiary/aromatic N) is 3. The Kier molecular flexibility index (Phi) is 5.52. The molecule has 0 aliphatic rings. The van der Waals surface area contributed by atoms with E-state index in [4.69, 9.17) is 21.1 Å². The van der Waals surface area contributed by atoms with Gasteiger partial charge in [0.2, 0.25) is 4.96 Å². The zero-order chi connectivity index (χ0) is 21.3. The van der Waals surface area contributed by atoms with E-state index in [0.717, 1.165) is 11.1 Å². The minimum atomic E-state index is -0.435. The summed E-state index contributed by atoms with van der Waals surface area (Å²) in [5, 5.41) is 4.90. The molecule has 152 valence electrons. The second kappa shape index (κ2) is 8.25. The van der Waals surface area contributed by atoms with Crippen molar-refractivity contribution in [2.45, 2.75) is 13.8 Å². The molecule has 0 fully saturated rings. The summed E-state index contributed by atoms with van der Waals surface area (Å²) >= 11 is 7.26. The molecule has 0 unspecified atom stereocenters. The largest absolute Gasteiger partial charge is 0.490 e. The summed E-state index contributed by atoms with van der Waals surface area (Å²) in [6, 6.07) is 12.2. The maximum absolute atomic E-state index is 12.8. The first-order valence-electron chi connectivity index (χ1n) is 9.07. The van der Waals surface area contributed by atoms with Gasteiger partial charge in [0.25, 0.3) is 5.56 Å². The molecule has 0 aliphatic heterocycles. The summed E-state index contributed by atoms with van der Waals surface area (Å²) in [6.45, 7) is 3.57. The average Bonchev–Trinajstić information content (AvgIpc) is 3.24. The number of fused-ring (bicyclic) bond motifs is 1. The number of hydrogen-bond acceptors (Lipinski definition) is 7. The van der Waals surface area contributed by atoms with Crippen LogP contribution in [0.4, 0.5) is 0 Å². The van der Waals surface area contributed by atoms with Gasteiger partial charge in [-0.25, -0.2) is 0 Å². The van der Waals surface area contributed by atoms with Gasteiger partial charge in [0.15, 0.2) is 17.3 Å². The van der Waals surface area contributed by atoms with Gasteiger partial charge in [0.05, 0.1) is 11.1 Å². The SMILES string of the molecule is CCOc1cc(C=c2sc3nc(-c4cccc(Cl)c4)nn3c2=O)ccc1OC(C)=O. The van der Waals surface area contributed by atoms with Crippen LogP contribution in [0, 0.1) is 0 Å². The van der Waals surface area contributed by atoms with Gasteiger partial charge in [-0.2, -0.15) is 9.50 Å². The number of thiazole rings is 1. The normalized spacial score (nSPS) is 11.8. The number of hydrogen-bond donors (Lipinski definition) is 0. The van der Waals surface area contributed by atoms with Gasteiger partial charge >= 0.3 is 5.97 Å². The van der Waals surface area contributed by atoms with Crippen LogP contribution in [0.5, 0.6) is 11.5 Å². The maximum atomic E-state index is 12.8. The summed E-state index contributed by atoms with van der Waals surface area (Å²) in [7, 11) is 0. The number of carbonyl (C=O) groups excluding carboxylic acids is 1. The molecule has 2 aromatic heterocycles. The van der Waals surface area contributed by atoms with Crippen molar-refractivity contribution in [3.8, 4) is 22.9 Å². The van der Waals surface area contributed by atoms with Crippen molar-refractivity contribution >= 4 is 39.9 Å². The van der Waals surface area contributed by atoms with Crippen molar-refractivity contribution < 1.29 is 14.3 Å². The third kappa shape index (κ3) is 4.05. The molecule has 0 aliphatic carbocycles. The molecule has 0 N–H and O–H groups in total. The molecule has 0 bridgehead atoms. The van der Waals surface area contributed by atoms with Crippen molar-refractivity contribution in [2.75, 3.05) is 6.61 Å². The number of rotatable bonds is 5. The van der Waals surface area contributed by atoms with E-state index in [1.54, 1.807) is 42.5 Å². The zero-order valence-corrected chi connectivity index (χ0v) is 17.7. The Bertz CT molecular complexity index is 1360. The van der Waals surface area contributed by atoms with Crippen LogP contribution in [0.3, 0.4) is 0 Å². The number of esters is 1. The van der Waals surface area contributed by atoms with Crippen LogP contribution in [-0.2, 0) is 4.79 Å². The second-order valence-corrected chi connectivity index (χ2v) is 7.73. The van der Waals surface area contributed by atoms with Gasteiger partial charge in [-0.1, -0.05) is 41.1 Å². The molecule has 7 nitrogen and oxygen atoms in total. The van der Waals surface area contributed by atoms with E-state index in [9.17, 15) is 9.59 Å². The van der Waals surface area contributed by atoms with Crippen molar-refractivity contribution in [3.05, 3.63) is 67.9 Å². The Morgan fingerprint density at radius 3 is 2.77 bits per heavy atom. The van der Waals surface area contributed by atoms with Crippen LogP contribution < -0.4 is 19.6 Å². The van der Waals surface area contributed by atoms with Crippen LogP contribution in [0.15, 0.2) is 47.3 Å². The Labute approximate surface area is 180 Å². The highest BCUT2D eigenvalue weighted by Gasteiger charge is 2.13.